The molecule has 0 saturated carbocycles. The summed E-state index contributed by atoms with van der Waals surface area (Å²) in [4.78, 5) is 22.9. The van der Waals surface area contributed by atoms with Crippen LogP contribution in [0.15, 0.2) is 28.7 Å². The minimum Gasteiger partial charge on any atom is -0.481 e. The van der Waals surface area contributed by atoms with Crippen LogP contribution in [0.4, 0.5) is 0 Å². The van der Waals surface area contributed by atoms with Gasteiger partial charge in [0.15, 0.2) is 5.76 Å². The molecule has 0 spiro atoms. The molecule has 0 unspecified atom stereocenters. The lowest BCUT2D eigenvalue weighted by Crippen LogP contribution is -2.31. The number of benzene rings is 1. The maximum Gasteiger partial charge on any atom is 0.309 e. The summed E-state index contributed by atoms with van der Waals surface area (Å²) in [5, 5.41) is 13.0. The summed E-state index contributed by atoms with van der Waals surface area (Å²) < 4.78 is 5.43. The first kappa shape index (κ1) is 15.4. The van der Waals surface area contributed by atoms with Crippen molar-refractivity contribution in [3.05, 3.63) is 35.0 Å². The van der Waals surface area contributed by atoms with Gasteiger partial charge in [-0.15, -0.1) is 0 Å². The molecule has 0 bridgehead atoms. The minimum atomic E-state index is -0.893. The Labute approximate surface area is 126 Å². The number of hydrogen-bond donors (Lipinski definition) is 2. The van der Waals surface area contributed by atoms with Gasteiger partial charge in [-0.05, 0) is 44.5 Å². The molecule has 1 heterocycles. The molecule has 0 aliphatic rings. The molecule has 1 aromatic heterocycles. The van der Waals surface area contributed by atoms with Crippen molar-refractivity contribution in [3.8, 4) is 0 Å². The van der Waals surface area contributed by atoms with Crippen LogP contribution in [0.1, 0.15) is 30.8 Å². The normalized spacial score (nSPS) is 11.6. The standard InChI is InChI=1S/C15H16ClNO4/c1-15(2,14(19)20)5-6-17-13(18)12-8-9-7-10(16)3-4-11(9)21-12/h3-4,7-8H,5-6H2,1-2H3,(H,17,18)(H,19,20). The fourth-order valence-corrected chi connectivity index (χ4v) is 1.99. The van der Waals surface area contributed by atoms with Crippen molar-refractivity contribution in [2.45, 2.75) is 20.3 Å². The molecular weight excluding hydrogens is 294 g/mol. The van der Waals surface area contributed by atoms with Gasteiger partial charge in [0.2, 0.25) is 0 Å². The number of carbonyl (C=O) groups is 2. The fourth-order valence-electron chi connectivity index (χ4n) is 1.81. The lowest BCUT2D eigenvalue weighted by Gasteiger charge is -2.18. The van der Waals surface area contributed by atoms with E-state index in [1.807, 2.05) is 0 Å². The number of amides is 1. The topological polar surface area (TPSA) is 79.5 Å². The van der Waals surface area contributed by atoms with E-state index in [9.17, 15) is 9.59 Å². The molecular formula is C15H16ClNO4. The Morgan fingerprint density at radius 3 is 2.71 bits per heavy atom. The fraction of sp³-hybridized carbons (Fsp3) is 0.333. The quantitative estimate of drug-likeness (QED) is 0.888. The van der Waals surface area contributed by atoms with E-state index in [2.05, 4.69) is 5.32 Å². The molecule has 0 aliphatic carbocycles. The second-order valence-corrected chi connectivity index (χ2v) is 5.92. The molecule has 1 aromatic carbocycles. The first-order valence-corrected chi connectivity index (χ1v) is 6.88. The Morgan fingerprint density at radius 1 is 1.33 bits per heavy atom. The third-order valence-corrected chi connectivity index (χ3v) is 3.55. The van der Waals surface area contributed by atoms with Gasteiger partial charge in [0, 0.05) is 17.0 Å². The third-order valence-electron chi connectivity index (χ3n) is 3.32. The number of carbonyl (C=O) groups excluding carboxylic acids is 1. The van der Waals surface area contributed by atoms with E-state index >= 15 is 0 Å². The van der Waals surface area contributed by atoms with E-state index < -0.39 is 11.4 Å². The van der Waals surface area contributed by atoms with Crippen LogP contribution in [-0.4, -0.2) is 23.5 Å². The van der Waals surface area contributed by atoms with Gasteiger partial charge in [0.1, 0.15) is 5.58 Å². The Bertz CT molecular complexity index is 690. The number of furan rings is 1. The average Bonchev–Trinajstić information content (AvgIpc) is 2.81. The predicted molar refractivity (Wildman–Crippen MR) is 79.6 cm³/mol. The molecule has 0 saturated heterocycles. The summed E-state index contributed by atoms with van der Waals surface area (Å²) in [6.45, 7) is 3.49. The molecule has 21 heavy (non-hydrogen) atoms. The van der Waals surface area contributed by atoms with E-state index in [1.165, 1.54) is 0 Å². The zero-order chi connectivity index (χ0) is 15.6. The van der Waals surface area contributed by atoms with Gasteiger partial charge in [0.05, 0.1) is 5.41 Å². The van der Waals surface area contributed by atoms with Gasteiger partial charge in [-0.25, -0.2) is 0 Å². The van der Waals surface area contributed by atoms with Crippen molar-refractivity contribution >= 4 is 34.4 Å². The van der Waals surface area contributed by atoms with Gasteiger partial charge in [-0.1, -0.05) is 11.6 Å². The number of carboxylic acid groups (broad SMARTS) is 1. The summed E-state index contributed by atoms with van der Waals surface area (Å²) in [6.07, 6.45) is 0.333. The zero-order valence-corrected chi connectivity index (χ0v) is 12.5. The maximum absolute atomic E-state index is 12.0. The molecule has 0 aliphatic heterocycles. The number of fused-ring (bicyclic) bond motifs is 1. The highest BCUT2D eigenvalue weighted by atomic mass is 35.5. The first-order chi connectivity index (χ1) is 9.79. The van der Waals surface area contributed by atoms with Crippen LogP contribution < -0.4 is 5.32 Å². The van der Waals surface area contributed by atoms with Crippen molar-refractivity contribution in [2.75, 3.05) is 6.54 Å². The molecule has 2 rings (SSSR count). The summed E-state index contributed by atoms with van der Waals surface area (Å²) in [5.41, 5.74) is -0.301. The molecule has 5 nitrogen and oxygen atoms in total. The van der Waals surface area contributed by atoms with E-state index in [4.69, 9.17) is 21.1 Å². The van der Waals surface area contributed by atoms with Crippen molar-refractivity contribution < 1.29 is 19.1 Å². The molecule has 2 aromatic rings. The predicted octanol–water partition coefficient (Wildman–Crippen LogP) is 3.32. The van der Waals surface area contributed by atoms with Gasteiger partial charge in [-0.3, -0.25) is 9.59 Å². The molecule has 0 fully saturated rings. The van der Waals surface area contributed by atoms with Crippen molar-refractivity contribution in [1.82, 2.24) is 5.32 Å². The van der Waals surface area contributed by atoms with Gasteiger partial charge < -0.3 is 14.8 Å². The van der Waals surface area contributed by atoms with Crippen LogP contribution in [0.3, 0.4) is 0 Å². The van der Waals surface area contributed by atoms with Gasteiger partial charge >= 0.3 is 5.97 Å². The van der Waals surface area contributed by atoms with Crippen molar-refractivity contribution in [3.63, 3.8) is 0 Å². The number of hydrogen-bond acceptors (Lipinski definition) is 3. The van der Waals surface area contributed by atoms with Crippen LogP contribution >= 0.6 is 11.6 Å². The second kappa shape index (κ2) is 5.77. The number of carboxylic acids is 1. The Balaban J connectivity index is 2.01. The number of rotatable bonds is 5. The highest BCUT2D eigenvalue weighted by molar-refractivity contribution is 6.31. The molecule has 1 amide bonds. The summed E-state index contributed by atoms with van der Waals surface area (Å²) in [5.74, 6) is -1.08. The SMILES string of the molecule is CC(C)(CCNC(=O)c1cc2cc(Cl)ccc2o1)C(=O)O. The van der Waals surface area contributed by atoms with Crippen LogP contribution in [0.5, 0.6) is 0 Å². The monoisotopic (exact) mass is 309 g/mol. The first-order valence-electron chi connectivity index (χ1n) is 6.50. The highest BCUT2D eigenvalue weighted by Crippen LogP contribution is 2.23. The number of nitrogens with one attached hydrogen (secondary N) is 1. The molecule has 0 atom stereocenters. The van der Waals surface area contributed by atoms with Gasteiger partial charge in [-0.2, -0.15) is 0 Å². The molecule has 112 valence electrons. The number of aliphatic carboxylic acids is 1. The molecule has 2 N–H and O–H groups in total. The summed E-state index contributed by atoms with van der Waals surface area (Å²) in [7, 11) is 0. The highest BCUT2D eigenvalue weighted by Gasteiger charge is 2.26. The van der Waals surface area contributed by atoms with Gasteiger partial charge in [0.25, 0.3) is 5.91 Å². The largest absolute Gasteiger partial charge is 0.481 e. The van der Waals surface area contributed by atoms with E-state index in [0.717, 1.165) is 5.39 Å². The Hall–Kier alpha value is -2.01. The Kier molecular flexibility index (Phi) is 4.23. The lowest BCUT2D eigenvalue weighted by molar-refractivity contribution is -0.147. The molecule has 6 heteroatoms. The lowest BCUT2D eigenvalue weighted by atomic mass is 9.90. The average molecular weight is 310 g/mol. The van der Waals surface area contributed by atoms with Crippen LogP contribution in [0.2, 0.25) is 5.02 Å². The molecule has 0 radical (unpaired) electrons. The van der Waals surface area contributed by atoms with Crippen molar-refractivity contribution in [1.29, 1.82) is 0 Å². The zero-order valence-electron chi connectivity index (χ0n) is 11.8. The van der Waals surface area contributed by atoms with Crippen LogP contribution in [0, 0.1) is 5.41 Å². The maximum atomic E-state index is 12.0. The van der Waals surface area contributed by atoms with Crippen LogP contribution in [0.25, 0.3) is 11.0 Å². The summed E-state index contributed by atoms with van der Waals surface area (Å²) in [6, 6.07) is 6.70. The number of halogens is 1. The third kappa shape index (κ3) is 3.55. The smallest absolute Gasteiger partial charge is 0.309 e. The van der Waals surface area contributed by atoms with E-state index in [1.54, 1.807) is 38.1 Å². The summed E-state index contributed by atoms with van der Waals surface area (Å²) >= 11 is 5.87. The Morgan fingerprint density at radius 2 is 2.05 bits per heavy atom. The van der Waals surface area contributed by atoms with E-state index in [-0.39, 0.29) is 18.2 Å². The minimum absolute atomic E-state index is 0.181. The van der Waals surface area contributed by atoms with E-state index in [0.29, 0.717) is 17.0 Å². The van der Waals surface area contributed by atoms with Crippen molar-refractivity contribution in [2.24, 2.45) is 5.41 Å². The van der Waals surface area contributed by atoms with Crippen LogP contribution in [-0.2, 0) is 4.79 Å². The second-order valence-electron chi connectivity index (χ2n) is 5.49.